The number of tetrazole rings is 1. The third-order valence-electron chi connectivity index (χ3n) is 6.13. The minimum Gasteiger partial charge on any atom is -0.365 e. The van der Waals surface area contributed by atoms with E-state index in [4.69, 9.17) is 0 Å². The van der Waals surface area contributed by atoms with Crippen LogP contribution in [0.1, 0.15) is 40.5 Å². The summed E-state index contributed by atoms with van der Waals surface area (Å²) >= 11 is 0. The zero-order valence-electron chi connectivity index (χ0n) is 18.4. The first-order chi connectivity index (χ1) is 14.6. The quantitative estimate of drug-likeness (QED) is 0.569. The van der Waals surface area contributed by atoms with E-state index < -0.39 is 5.82 Å². The van der Waals surface area contributed by atoms with Crippen molar-refractivity contribution in [3.8, 4) is 11.4 Å². The minimum atomic E-state index is -0.471. The number of anilines is 3. The molecule has 164 valence electrons. The van der Waals surface area contributed by atoms with Crippen LogP contribution < -0.4 is 10.6 Å². The molecule has 0 spiro atoms. The first-order valence-electron chi connectivity index (χ1n) is 10.3. The number of rotatable bonds is 5. The number of hydrogen-bond acceptors (Lipinski definition) is 8. The van der Waals surface area contributed by atoms with Gasteiger partial charge in [-0.15, -0.1) is 5.10 Å². The number of benzene rings is 1. The number of aromatic nitrogens is 6. The van der Waals surface area contributed by atoms with E-state index in [1.54, 1.807) is 0 Å². The lowest BCUT2D eigenvalue weighted by molar-refractivity contribution is -0.00778. The Labute approximate surface area is 180 Å². The van der Waals surface area contributed by atoms with Crippen molar-refractivity contribution in [1.29, 1.82) is 0 Å². The number of H-pyrrole nitrogens is 1. The molecule has 10 heteroatoms. The summed E-state index contributed by atoms with van der Waals surface area (Å²) in [6.07, 6.45) is 2.95. The Hall–Kier alpha value is -3.14. The highest BCUT2D eigenvalue weighted by Crippen LogP contribution is 2.38. The van der Waals surface area contributed by atoms with Crippen molar-refractivity contribution in [2.75, 3.05) is 17.7 Å². The maximum absolute atomic E-state index is 14.5. The van der Waals surface area contributed by atoms with Crippen LogP contribution >= 0.6 is 0 Å². The number of nitrogens with zero attached hydrogens (tertiary/aromatic N) is 6. The topological polar surface area (TPSA) is 108 Å². The Kier molecular flexibility index (Phi) is 5.34. The summed E-state index contributed by atoms with van der Waals surface area (Å²) in [5.41, 5.74) is 1.53. The molecule has 31 heavy (non-hydrogen) atoms. The van der Waals surface area contributed by atoms with Gasteiger partial charge in [-0.25, -0.2) is 14.5 Å². The summed E-state index contributed by atoms with van der Waals surface area (Å²) in [6, 6.07) is 7.58. The third-order valence-corrected chi connectivity index (χ3v) is 6.13. The Morgan fingerprint density at radius 2 is 1.90 bits per heavy atom. The maximum atomic E-state index is 14.5. The molecule has 0 saturated carbocycles. The highest BCUT2D eigenvalue weighted by atomic mass is 19.1. The van der Waals surface area contributed by atoms with Crippen LogP contribution in [-0.2, 0) is 0 Å². The van der Waals surface area contributed by atoms with Gasteiger partial charge in [-0.1, -0.05) is 12.1 Å². The predicted molar refractivity (Wildman–Crippen MR) is 117 cm³/mol. The Morgan fingerprint density at radius 3 is 2.58 bits per heavy atom. The molecule has 1 aliphatic heterocycles. The highest BCUT2D eigenvalue weighted by molar-refractivity contribution is 5.65. The summed E-state index contributed by atoms with van der Waals surface area (Å²) in [5.74, 6) is 0.595. The van der Waals surface area contributed by atoms with Crippen LogP contribution in [0.25, 0.3) is 11.4 Å². The molecule has 9 nitrogen and oxygen atoms in total. The van der Waals surface area contributed by atoms with Gasteiger partial charge in [0.1, 0.15) is 0 Å². The second-order valence-electron chi connectivity index (χ2n) is 9.28. The molecule has 3 aromatic rings. The second kappa shape index (κ2) is 7.84. The molecule has 0 amide bonds. The fourth-order valence-corrected chi connectivity index (χ4v) is 4.35. The predicted octanol–water partition coefficient (Wildman–Crippen LogP) is 3.60. The smallest absolute Gasteiger partial charge is 0.229 e. The van der Waals surface area contributed by atoms with Crippen molar-refractivity contribution in [1.82, 2.24) is 35.5 Å². The van der Waals surface area contributed by atoms with E-state index in [1.165, 1.54) is 6.20 Å². The molecule has 3 heterocycles. The number of piperidine rings is 1. The average molecular weight is 426 g/mol. The molecule has 0 aliphatic carbocycles. The van der Waals surface area contributed by atoms with Crippen molar-refractivity contribution < 1.29 is 4.39 Å². The van der Waals surface area contributed by atoms with Crippen LogP contribution in [-0.4, -0.2) is 59.7 Å². The van der Waals surface area contributed by atoms with Crippen molar-refractivity contribution in [3.05, 3.63) is 36.3 Å². The first-order valence-corrected chi connectivity index (χ1v) is 10.3. The number of hydrogen-bond donors (Lipinski definition) is 3. The zero-order valence-corrected chi connectivity index (χ0v) is 18.4. The van der Waals surface area contributed by atoms with Gasteiger partial charge in [-0.05, 0) is 70.1 Å². The molecule has 1 saturated heterocycles. The zero-order chi connectivity index (χ0) is 22.2. The first kappa shape index (κ1) is 21.1. The van der Waals surface area contributed by atoms with Crippen LogP contribution in [0.4, 0.5) is 21.8 Å². The molecule has 4 rings (SSSR count). The van der Waals surface area contributed by atoms with Gasteiger partial charge in [-0.3, -0.25) is 4.90 Å². The molecule has 1 fully saturated rings. The van der Waals surface area contributed by atoms with Gasteiger partial charge in [0, 0.05) is 28.4 Å². The van der Waals surface area contributed by atoms with Gasteiger partial charge in [-0.2, -0.15) is 4.98 Å². The molecular formula is C21H28FN9. The van der Waals surface area contributed by atoms with E-state index in [-0.39, 0.29) is 22.9 Å². The van der Waals surface area contributed by atoms with E-state index in [1.807, 2.05) is 24.3 Å². The molecule has 1 aromatic carbocycles. The van der Waals surface area contributed by atoms with Crippen molar-refractivity contribution in [2.45, 2.75) is 57.7 Å². The molecule has 1 aliphatic rings. The minimum absolute atomic E-state index is 0.0139. The van der Waals surface area contributed by atoms with E-state index in [9.17, 15) is 4.39 Å². The molecule has 0 unspecified atom stereocenters. The number of aromatic amines is 1. The van der Waals surface area contributed by atoms with Gasteiger partial charge in [0.2, 0.25) is 5.95 Å². The van der Waals surface area contributed by atoms with Crippen LogP contribution in [0.15, 0.2) is 30.5 Å². The van der Waals surface area contributed by atoms with Gasteiger partial charge in [0.25, 0.3) is 0 Å². The largest absolute Gasteiger partial charge is 0.365 e. The Morgan fingerprint density at radius 1 is 1.16 bits per heavy atom. The summed E-state index contributed by atoms with van der Waals surface area (Å²) < 4.78 is 14.5. The third kappa shape index (κ3) is 4.48. The Balaban J connectivity index is 1.52. The fourth-order valence-electron chi connectivity index (χ4n) is 4.35. The van der Waals surface area contributed by atoms with Crippen molar-refractivity contribution in [3.63, 3.8) is 0 Å². The average Bonchev–Trinajstić information content (AvgIpc) is 3.23. The van der Waals surface area contributed by atoms with E-state index >= 15 is 0 Å². The van der Waals surface area contributed by atoms with E-state index in [0.717, 1.165) is 24.1 Å². The maximum Gasteiger partial charge on any atom is 0.229 e. The fraction of sp³-hybridized carbons (Fsp3) is 0.476. The normalized spacial score (nSPS) is 18.6. The Bertz CT molecular complexity index is 1030. The van der Waals surface area contributed by atoms with Crippen LogP contribution in [0.5, 0.6) is 0 Å². The lowest BCUT2D eigenvalue weighted by Gasteiger charge is -2.53. The molecule has 0 bridgehead atoms. The van der Waals surface area contributed by atoms with Crippen molar-refractivity contribution >= 4 is 17.5 Å². The van der Waals surface area contributed by atoms with Crippen LogP contribution in [0, 0.1) is 5.82 Å². The number of halogens is 1. The standard InChI is InChI=1S/C21H28FN9/c1-20(2)10-15(11-21(3,4)31(20)5)24-18-16(22)12-23-19(26-18)25-14-8-6-7-13(9-14)17-27-29-30-28-17/h6-9,12,15H,10-11H2,1-5H3,(H2,23,24,25,26)(H,27,28,29,30). The van der Waals surface area contributed by atoms with Gasteiger partial charge < -0.3 is 10.6 Å². The number of likely N-dealkylation sites (tertiary alicyclic amines) is 1. The van der Waals surface area contributed by atoms with Gasteiger partial charge in [0.15, 0.2) is 17.5 Å². The summed E-state index contributed by atoms with van der Waals surface area (Å²) in [4.78, 5) is 10.9. The molecule has 3 N–H and O–H groups in total. The van der Waals surface area contributed by atoms with Crippen LogP contribution in [0.3, 0.4) is 0 Å². The molecule has 0 radical (unpaired) electrons. The SMILES string of the molecule is CN1C(C)(C)CC(Nc2nc(Nc3cccc(-c4nnn[nH]4)c3)ncc2F)CC1(C)C. The molecular weight excluding hydrogens is 397 g/mol. The van der Waals surface area contributed by atoms with Gasteiger partial charge >= 0.3 is 0 Å². The summed E-state index contributed by atoms with van der Waals surface area (Å²) in [6.45, 7) is 8.85. The summed E-state index contributed by atoms with van der Waals surface area (Å²) in [7, 11) is 2.15. The highest BCUT2D eigenvalue weighted by Gasteiger charge is 2.43. The molecule has 0 atom stereocenters. The second-order valence-corrected chi connectivity index (χ2v) is 9.28. The number of nitrogens with one attached hydrogen (secondary N) is 3. The van der Waals surface area contributed by atoms with Gasteiger partial charge in [0.05, 0.1) is 6.20 Å². The lowest BCUT2D eigenvalue weighted by atomic mass is 9.77. The van der Waals surface area contributed by atoms with Crippen molar-refractivity contribution in [2.24, 2.45) is 0 Å². The van der Waals surface area contributed by atoms with Crippen LogP contribution in [0.2, 0.25) is 0 Å². The van der Waals surface area contributed by atoms with E-state index in [2.05, 4.69) is 80.9 Å². The van der Waals surface area contributed by atoms with E-state index in [0.29, 0.717) is 11.8 Å². The molecule has 2 aromatic heterocycles. The monoisotopic (exact) mass is 425 g/mol. The lowest BCUT2D eigenvalue weighted by Crippen LogP contribution is -2.61. The summed E-state index contributed by atoms with van der Waals surface area (Å²) in [5, 5.41) is 20.3.